The van der Waals surface area contributed by atoms with Gasteiger partial charge in [0.2, 0.25) is 4.96 Å². The van der Waals surface area contributed by atoms with Crippen molar-refractivity contribution in [2.75, 3.05) is 0 Å². The number of thiazole rings is 1. The second-order valence-corrected chi connectivity index (χ2v) is 7.54. The van der Waals surface area contributed by atoms with Crippen LogP contribution < -0.4 is 10.1 Å². The van der Waals surface area contributed by atoms with Crippen molar-refractivity contribution in [3.05, 3.63) is 104 Å². The Kier molecular flexibility index (Phi) is 4.26. The summed E-state index contributed by atoms with van der Waals surface area (Å²) in [6.45, 7) is 0. The molecule has 0 saturated heterocycles. The van der Waals surface area contributed by atoms with E-state index in [9.17, 15) is 9.18 Å². The van der Waals surface area contributed by atoms with E-state index in [4.69, 9.17) is 0 Å². The smallest absolute Gasteiger partial charge is 0.266 e. The van der Waals surface area contributed by atoms with Gasteiger partial charge in [-0.25, -0.2) is 4.39 Å². The van der Waals surface area contributed by atoms with Gasteiger partial charge < -0.3 is 0 Å². The van der Waals surface area contributed by atoms with Gasteiger partial charge in [-0.3, -0.25) is 4.79 Å². The molecule has 3 aromatic carbocycles. The lowest BCUT2D eigenvalue weighted by atomic mass is 10.0. The highest BCUT2D eigenvalue weighted by atomic mass is 32.1. The fourth-order valence-corrected chi connectivity index (χ4v) is 4.09. The normalized spacial score (nSPS) is 12.5. The number of hydrogen-bond acceptors (Lipinski definition) is 4. The molecule has 6 heteroatoms. The molecule has 0 N–H and O–H groups in total. The molecule has 5 aromatic rings. The first-order chi connectivity index (χ1) is 14.2. The summed E-state index contributed by atoms with van der Waals surface area (Å²) in [7, 11) is 0. The van der Waals surface area contributed by atoms with Crippen LogP contribution in [0.4, 0.5) is 4.39 Å². The van der Waals surface area contributed by atoms with Crippen molar-refractivity contribution in [2.24, 2.45) is 0 Å². The van der Waals surface area contributed by atoms with Crippen LogP contribution in [0.5, 0.6) is 0 Å². The van der Waals surface area contributed by atoms with Gasteiger partial charge in [0.15, 0.2) is 5.82 Å². The molecule has 0 unspecified atom stereocenters. The van der Waals surface area contributed by atoms with E-state index in [0.29, 0.717) is 15.3 Å². The maximum atomic E-state index is 13.0. The summed E-state index contributed by atoms with van der Waals surface area (Å²) in [4.78, 5) is 17.7. The molecule has 2 heterocycles. The SMILES string of the molecule is O=c1/c(=C/c2cccc3ccccc23)sc2nc(/C=C/c3ccc(F)cc3)nn12. The second-order valence-electron chi connectivity index (χ2n) is 6.53. The summed E-state index contributed by atoms with van der Waals surface area (Å²) in [6.07, 6.45) is 5.38. The number of rotatable bonds is 3. The van der Waals surface area contributed by atoms with Gasteiger partial charge in [-0.05, 0) is 46.2 Å². The largest absolute Gasteiger partial charge is 0.291 e. The van der Waals surface area contributed by atoms with Gasteiger partial charge in [0, 0.05) is 0 Å². The molecule has 0 bridgehead atoms. The summed E-state index contributed by atoms with van der Waals surface area (Å²) >= 11 is 1.31. The van der Waals surface area contributed by atoms with Gasteiger partial charge >= 0.3 is 0 Å². The maximum Gasteiger partial charge on any atom is 0.291 e. The average molecular weight is 399 g/mol. The van der Waals surface area contributed by atoms with Crippen molar-refractivity contribution >= 4 is 45.3 Å². The van der Waals surface area contributed by atoms with Gasteiger partial charge in [-0.2, -0.15) is 9.50 Å². The molecular weight excluding hydrogens is 385 g/mol. The molecule has 0 aliphatic heterocycles. The third-order valence-electron chi connectivity index (χ3n) is 4.60. The fraction of sp³-hybridized carbons (Fsp3) is 0. The van der Waals surface area contributed by atoms with Crippen LogP contribution in [0.15, 0.2) is 71.5 Å². The highest BCUT2D eigenvalue weighted by Crippen LogP contribution is 2.19. The third-order valence-corrected chi connectivity index (χ3v) is 5.56. The van der Waals surface area contributed by atoms with E-state index in [1.807, 2.05) is 48.5 Å². The average Bonchev–Trinajstić information content (AvgIpc) is 3.27. The van der Waals surface area contributed by atoms with Gasteiger partial charge in [0.1, 0.15) is 5.82 Å². The van der Waals surface area contributed by atoms with Crippen LogP contribution in [-0.2, 0) is 0 Å². The predicted octanol–water partition coefficient (Wildman–Crippen LogP) is 4.16. The molecule has 29 heavy (non-hydrogen) atoms. The lowest BCUT2D eigenvalue weighted by Crippen LogP contribution is -2.23. The van der Waals surface area contributed by atoms with E-state index in [2.05, 4.69) is 10.1 Å². The minimum Gasteiger partial charge on any atom is -0.266 e. The van der Waals surface area contributed by atoms with Crippen LogP contribution in [0.2, 0.25) is 0 Å². The van der Waals surface area contributed by atoms with E-state index in [1.54, 1.807) is 24.3 Å². The second kappa shape index (κ2) is 7.07. The zero-order valence-electron chi connectivity index (χ0n) is 15.1. The van der Waals surface area contributed by atoms with Crippen LogP contribution in [0.25, 0.3) is 34.0 Å². The van der Waals surface area contributed by atoms with E-state index < -0.39 is 0 Å². The Balaban J connectivity index is 1.53. The number of halogens is 1. The predicted molar refractivity (Wildman–Crippen MR) is 115 cm³/mol. The van der Waals surface area contributed by atoms with Gasteiger partial charge in [0.25, 0.3) is 5.56 Å². The van der Waals surface area contributed by atoms with Gasteiger partial charge in [-0.1, -0.05) is 72.0 Å². The molecule has 0 radical (unpaired) electrons. The quantitative estimate of drug-likeness (QED) is 0.458. The lowest BCUT2D eigenvalue weighted by molar-refractivity contribution is 0.628. The summed E-state index contributed by atoms with van der Waals surface area (Å²) in [5.74, 6) is 0.156. The monoisotopic (exact) mass is 399 g/mol. The van der Waals surface area contributed by atoms with Crippen molar-refractivity contribution in [1.82, 2.24) is 14.6 Å². The van der Waals surface area contributed by atoms with Crippen molar-refractivity contribution in [1.29, 1.82) is 0 Å². The topological polar surface area (TPSA) is 47.3 Å². The number of fused-ring (bicyclic) bond motifs is 2. The Bertz CT molecular complexity index is 1480. The zero-order chi connectivity index (χ0) is 19.8. The Morgan fingerprint density at radius 1 is 0.931 bits per heavy atom. The van der Waals surface area contributed by atoms with Crippen molar-refractivity contribution in [3.8, 4) is 0 Å². The number of hydrogen-bond donors (Lipinski definition) is 0. The van der Waals surface area contributed by atoms with Crippen LogP contribution in [0, 0.1) is 5.82 Å². The molecule has 5 rings (SSSR count). The maximum absolute atomic E-state index is 13.0. The molecule has 0 atom stereocenters. The van der Waals surface area contributed by atoms with Gasteiger partial charge in [0.05, 0.1) is 4.53 Å². The minimum absolute atomic E-state index is 0.188. The van der Waals surface area contributed by atoms with Crippen molar-refractivity contribution in [3.63, 3.8) is 0 Å². The van der Waals surface area contributed by atoms with Gasteiger partial charge in [-0.15, -0.1) is 5.10 Å². The van der Waals surface area contributed by atoms with Crippen molar-refractivity contribution in [2.45, 2.75) is 0 Å². The summed E-state index contributed by atoms with van der Waals surface area (Å²) < 4.78 is 14.9. The Hall–Kier alpha value is -3.64. The van der Waals surface area contributed by atoms with E-state index in [0.717, 1.165) is 21.9 Å². The third kappa shape index (κ3) is 3.34. The zero-order valence-corrected chi connectivity index (χ0v) is 15.9. The van der Waals surface area contributed by atoms with E-state index in [1.165, 1.54) is 28.0 Å². The Labute approximate surface area is 168 Å². The van der Waals surface area contributed by atoms with Crippen molar-refractivity contribution < 1.29 is 4.39 Å². The molecule has 0 fully saturated rings. The van der Waals surface area contributed by atoms with Crippen LogP contribution in [-0.4, -0.2) is 14.6 Å². The van der Waals surface area contributed by atoms with Crippen LogP contribution in [0.1, 0.15) is 17.0 Å². The molecule has 140 valence electrons. The summed E-state index contributed by atoms with van der Waals surface area (Å²) in [6, 6.07) is 20.2. The standard InChI is InChI=1S/C23H14FN3OS/c24-18-11-8-15(9-12-18)10-13-21-25-23-27(26-21)22(28)20(29-23)14-17-6-3-5-16-4-1-2-7-19(16)17/h1-14H/b13-10+,20-14-. The molecule has 0 amide bonds. The fourth-order valence-electron chi connectivity index (χ4n) is 3.18. The van der Waals surface area contributed by atoms with Crippen LogP contribution in [0.3, 0.4) is 0 Å². The Morgan fingerprint density at radius 3 is 2.55 bits per heavy atom. The lowest BCUT2D eigenvalue weighted by Gasteiger charge is -2.00. The molecule has 0 aliphatic rings. The molecular formula is C23H14FN3OS. The molecule has 0 saturated carbocycles. The van der Waals surface area contributed by atoms with E-state index in [-0.39, 0.29) is 11.4 Å². The highest BCUT2D eigenvalue weighted by molar-refractivity contribution is 7.15. The summed E-state index contributed by atoms with van der Waals surface area (Å²) in [5, 5.41) is 6.51. The first-order valence-electron chi connectivity index (χ1n) is 9.00. The minimum atomic E-state index is -0.284. The Morgan fingerprint density at radius 2 is 1.72 bits per heavy atom. The molecule has 4 nitrogen and oxygen atoms in total. The number of nitrogens with zero attached hydrogens (tertiary/aromatic N) is 3. The molecule has 0 aliphatic carbocycles. The molecule has 2 aromatic heterocycles. The number of benzene rings is 3. The van der Waals surface area contributed by atoms with Crippen LogP contribution >= 0.6 is 11.3 Å². The summed E-state index contributed by atoms with van der Waals surface area (Å²) in [5.41, 5.74) is 1.63. The number of aromatic nitrogens is 3. The molecule has 0 spiro atoms. The highest BCUT2D eigenvalue weighted by Gasteiger charge is 2.09. The first kappa shape index (κ1) is 17.5. The van der Waals surface area contributed by atoms with E-state index >= 15 is 0 Å². The first-order valence-corrected chi connectivity index (χ1v) is 9.82.